The number of methoxy groups -OCH3 is 2. The second-order valence-electron chi connectivity index (χ2n) is 7.28. The number of rotatable bonds is 2. The number of phenolic OH excluding ortho intramolecular Hbond substituents is 1. The first-order chi connectivity index (χ1) is 13.5. The van der Waals surface area contributed by atoms with Gasteiger partial charge in [0, 0.05) is 18.5 Å². The maximum atomic E-state index is 13.4. The van der Waals surface area contributed by atoms with Gasteiger partial charge in [0.15, 0.2) is 17.3 Å². The summed E-state index contributed by atoms with van der Waals surface area (Å²) in [4.78, 5) is 27.4. The maximum absolute atomic E-state index is 13.4. The Labute approximate surface area is 161 Å². The molecule has 1 fully saturated rings. The zero-order valence-electron chi connectivity index (χ0n) is 15.6. The summed E-state index contributed by atoms with van der Waals surface area (Å²) in [6, 6.07) is 8.37. The van der Waals surface area contributed by atoms with E-state index in [1.807, 2.05) is 18.2 Å². The van der Waals surface area contributed by atoms with Crippen molar-refractivity contribution in [3.05, 3.63) is 41.5 Å². The van der Waals surface area contributed by atoms with Gasteiger partial charge in [-0.15, -0.1) is 0 Å². The normalized spacial score (nSPS) is 18.5. The third kappa shape index (κ3) is 2.14. The number of aromatic hydroxyl groups is 1. The second kappa shape index (κ2) is 5.86. The fraction of sp³-hybridized carbons (Fsp3) is 0.273. The molecule has 0 radical (unpaired) electrons. The zero-order valence-corrected chi connectivity index (χ0v) is 15.6. The fourth-order valence-electron chi connectivity index (χ4n) is 4.61. The van der Waals surface area contributed by atoms with Crippen LogP contribution in [0.15, 0.2) is 30.3 Å². The number of fused-ring (bicyclic) bond motifs is 7. The van der Waals surface area contributed by atoms with Gasteiger partial charge in [-0.05, 0) is 57.8 Å². The highest BCUT2D eigenvalue weighted by atomic mass is 16.5. The molecule has 0 spiro atoms. The van der Waals surface area contributed by atoms with E-state index in [0.717, 1.165) is 27.1 Å². The molecule has 0 unspecified atom stereocenters. The van der Waals surface area contributed by atoms with Gasteiger partial charge in [0.2, 0.25) is 5.91 Å². The monoisotopic (exact) mass is 377 g/mol. The van der Waals surface area contributed by atoms with Crippen molar-refractivity contribution < 1.29 is 24.2 Å². The molecule has 6 nitrogen and oxygen atoms in total. The molecule has 142 valence electrons. The van der Waals surface area contributed by atoms with Crippen molar-refractivity contribution in [2.24, 2.45) is 0 Å². The molecule has 5 rings (SSSR count). The molecular formula is C22H19NO5. The van der Waals surface area contributed by atoms with Crippen LogP contribution >= 0.6 is 0 Å². The van der Waals surface area contributed by atoms with Crippen molar-refractivity contribution in [2.45, 2.75) is 25.4 Å². The number of phenols is 1. The van der Waals surface area contributed by atoms with Gasteiger partial charge in [-0.25, -0.2) is 0 Å². The van der Waals surface area contributed by atoms with Crippen LogP contribution in [0.5, 0.6) is 17.2 Å². The summed E-state index contributed by atoms with van der Waals surface area (Å²) in [5, 5.41) is 13.3. The largest absolute Gasteiger partial charge is 0.508 e. The molecule has 3 aromatic rings. The molecule has 2 aliphatic rings. The van der Waals surface area contributed by atoms with Crippen molar-refractivity contribution in [2.75, 3.05) is 14.2 Å². The van der Waals surface area contributed by atoms with Gasteiger partial charge in [0.25, 0.3) is 0 Å². The molecule has 2 heterocycles. The van der Waals surface area contributed by atoms with Crippen molar-refractivity contribution in [3.8, 4) is 17.2 Å². The van der Waals surface area contributed by atoms with E-state index < -0.39 is 6.04 Å². The summed E-state index contributed by atoms with van der Waals surface area (Å²) in [6.07, 6.45) is 0.956. The van der Waals surface area contributed by atoms with E-state index in [1.165, 1.54) is 0 Å². The average molecular weight is 377 g/mol. The van der Waals surface area contributed by atoms with Crippen LogP contribution in [0.25, 0.3) is 21.5 Å². The van der Waals surface area contributed by atoms with E-state index in [1.54, 1.807) is 31.3 Å². The Hall–Kier alpha value is -3.28. The number of nitrogens with zero attached hydrogens (tertiary/aromatic N) is 1. The number of carbonyl (C=O) groups excluding carboxylic acids is 2. The summed E-state index contributed by atoms with van der Waals surface area (Å²) < 4.78 is 10.9. The predicted molar refractivity (Wildman–Crippen MR) is 104 cm³/mol. The molecule has 0 aliphatic carbocycles. The van der Waals surface area contributed by atoms with Crippen LogP contribution in [0.2, 0.25) is 0 Å². The van der Waals surface area contributed by atoms with Gasteiger partial charge < -0.3 is 19.5 Å². The molecule has 2 aliphatic heterocycles. The summed E-state index contributed by atoms with van der Waals surface area (Å²) in [6.45, 7) is 0.399. The number of hydrogen-bond acceptors (Lipinski definition) is 5. The van der Waals surface area contributed by atoms with E-state index in [0.29, 0.717) is 36.4 Å². The maximum Gasteiger partial charge on any atom is 0.223 e. The minimum Gasteiger partial charge on any atom is -0.508 e. The lowest BCUT2D eigenvalue weighted by Crippen LogP contribution is -2.42. The van der Waals surface area contributed by atoms with Crippen LogP contribution in [-0.4, -0.2) is 42.0 Å². The fourth-order valence-corrected chi connectivity index (χ4v) is 4.61. The molecule has 1 N–H and O–H groups in total. The van der Waals surface area contributed by atoms with Gasteiger partial charge in [-0.1, -0.05) is 6.07 Å². The Morgan fingerprint density at radius 3 is 2.36 bits per heavy atom. The molecule has 0 aromatic heterocycles. The van der Waals surface area contributed by atoms with Crippen molar-refractivity contribution in [1.82, 2.24) is 4.90 Å². The average Bonchev–Trinajstić information content (AvgIpc) is 3.08. The Morgan fingerprint density at radius 2 is 1.64 bits per heavy atom. The molecule has 6 heteroatoms. The van der Waals surface area contributed by atoms with Gasteiger partial charge in [-0.2, -0.15) is 0 Å². The first kappa shape index (κ1) is 16.9. The topological polar surface area (TPSA) is 76.1 Å². The Kier molecular flexibility index (Phi) is 3.53. The minimum atomic E-state index is -0.397. The lowest BCUT2D eigenvalue weighted by Gasteiger charge is -2.32. The molecule has 28 heavy (non-hydrogen) atoms. The first-order valence-electron chi connectivity index (χ1n) is 9.20. The molecule has 1 amide bonds. The predicted octanol–water partition coefficient (Wildman–Crippen LogP) is 3.40. The van der Waals surface area contributed by atoms with Crippen molar-refractivity contribution >= 4 is 33.2 Å². The van der Waals surface area contributed by atoms with E-state index in [2.05, 4.69) is 0 Å². The summed E-state index contributed by atoms with van der Waals surface area (Å²) in [5.41, 5.74) is 1.47. The van der Waals surface area contributed by atoms with Crippen LogP contribution in [-0.2, 0) is 11.3 Å². The summed E-state index contributed by atoms with van der Waals surface area (Å²) >= 11 is 0. The highest BCUT2D eigenvalue weighted by molar-refractivity contribution is 6.22. The molecule has 0 saturated carbocycles. The number of amides is 1. The molecular weight excluding hydrogens is 358 g/mol. The number of Topliss-reactive ketones (excluding diaryl/α,β-unsaturated/α-hetero) is 1. The zero-order chi connectivity index (χ0) is 19.6. The van der Waals surface area contributed by atoms with Gasteiger partial charge in [-0.3, -0.25) is 9.59 Å². The SMILES string of the molecule is COc1cc2c3c(c4ccc(O)cc4c2cc1OC)CN1C(=O)CC[C@@H]1C3=O. The highest BCUT2D eigenvalue weighted by Crippen LogP contribution is 2.44. The number of benzene rings is 3. The standard InChI is InChI=1S/C22H19NO5/c1-27-18-8-14-13-7-11(24)3-4-12(13)16-10-23-17(5-6-20(23)25)22(26)21(16)15(14)9-19(18)28-2/h3-4,7-9,17,24H,5-6,10H2,1-2H3/t17-/m1/s1. The quantitative estimate of drug-likeness (QED) is 0.693. The van der Waals surface area contributed by atoms with Crippen LogP contribution in [0.3, 0.4) is 0 Å². The van der Waals surface area contributed by atoms with E-state index in [-0.39, 0.29) is 17.4 Å². The molecule has 3 aromatic carbocycles. The molecule has 1 saturated heterocycles. The van der Waals surface area contributed by atoms with Gasteiger partial charge >= 0.3 is 0 Å². The summed E-state index contributed by atoms with van der Waals surface area (Å²) in [5.74, 6) is 1.22. The third-order valence-electron chi connectivity index (χ3n) is 5.92. The number of carbonyl (C=O) groups is 2. The number of ketones is 1. The number of hydrogen-bond donors (Lipinski definition) is 1. The summed E-state index contributed by atoms with van der Waals surface area (Å²) in [7, 11) is 3.12. The van der Waals surface area contributed by atoms with E-state index in [4.69, 9.17) is 9.47 Å². The Balaban J connectivity index is 1.94. The lowest BCUT2D eigenvalue weighted by molar-refractivity contribution is -0.129. The Bertz CT molecular complexity index is 1180. The minimum absolute atomic E-state index is 0.0170. The van der Waals surface area contributed by atoms with E-state index >= 15 is 0 Å². The van der Waals surface area contributed by atoms with Gasteiger partial charge in [0.1, 0.15) is 5.75 Å². The lowest BCUT2D eigenvalue weighted by atomic mass is 9.84. The molecule has 0 bridgehead atoms. The van der Waals surface area contributed by atoms with Crippen LogP contribution in [0, 0.1) is 0 Å². The first-order valence-corrected chi connectivity index (χ1v) is 9.20. The van der Waals surface area contributed by atoms with Crippen LogP contribution in [0.4, 0.5) is 0 Å². The third-order valence-corrected chi connectivity index (χ3v) is 5.92. The van der Waals surface area contributed by atoms with E-state index in [9.17, 15) is 14.7 Å². The smallest absolute Gasteiger partial charge is 0.223 e. The molecule has 1 atom stereocenters. The van der Waals surface area contributed by atoms with Crippen LogP contribution in [0.1, 0.15) is 28.8 Å². The number of ether oxygens (including phenoxy) is 2. The van der Waals surface area contributed by atoms with Crippen LogP contribution < -0.4 is 9.47 Å². The van der Waals surface area contributed by atoms with Gasteiger partial charge in [0.05, 0.1) is 20.3 Å². The van der Waals surface area contributed by atoms with Crippen molar-refractivity contribution in [1.29, 1.82) is 0 Å². The van der Waals surface area contributed by atoms with Crippen molar-refractivity contribution in [3.63, 3.8) is 0 Å². The highest BCUT2D eigenvalue weighted by Gasteiger charge is 2.42. The second-order valence-corrected chi connectivity index (χ2v) is 7.28. The Morgan fingerprint density at radius 1 is 0.964 bits per heavy atom.